The Kier molecular flexibility index (Phi) is 5.71. The van der Waals surface area contributed by atoms with Crippen molar-refractivity contribution in [2.24, 2.45) is 5.92 Å². The van der Waals surface area contributed by atoms with Gasteiger partial charge in [-0.3, -0.25) is 4.79 Å². The zero-order valence-electron chi connectivity index (χ0n) is 9.08. The van der Waals surface area contributed by atoms with E-state index in [-0.39, 0.29) is 6.42 Å². The van der Waals surface area contributed by atoms with Crippen LogP contribution in [0.4, 0.5) is 0 Å². The van der Waals surface area contributed by atoms with E-state index in [0.29, 0.717) is 12.0 Å². The van der Waals surface area contributed by atoms with Crippen molar-refractivity contribution >= 4 is 5.97 Å². The topological polar surface area (TPSA) is 40.5 Å². The molecule has 0 aliphatic rings. The minimum absolute atomic E-state index is 0.273. The normalized spacial score (nSPS) is 13.7. The molecule has 0 saturated heterocycles. The summed E-state index contributed by atoms with van der Waals surface area (Å²) in [5, 5.41) is 8.46. The molecule has 0 heterocycles. The van der Waals surface area contributed by atoms with Gasteiger partial charge in [-0.25, -0.2) is 0 Å². The van der Waals surface area contributed by atoms with Crippen molar-refractivity contribution in [3.63, 3.8) is 0 Å². The zero-order valence-corrected chi connectivity index (χ0v) is 9.08. The maximum Gasteiger partial charge on any atom is 0.303 e. The average Bonchev–Trinajstić information content (AvgIpc) is 2.02. The Labute approximate surface area is 80.7 Å². The molecule has 0 aromatic heterocycles. The minimum Gasteiger partial charge on any atom is -0.481 e. The Morgan fingerprint density at radius 3 is 2.31 bits per heavy atom. The predicted octanol–water partition coefficient (Wildman–Crippen LogP) is 1.83. The Morgan fingerprint density at radius 2 is 1.92 bits per heavy atom. The molecule has 13 heavy (non-hydrogen) atoms. The van der Waals surface area contributed by atoms with E-state index >= 15 is 0 Å². The molecule has 1 atom stereocenters. The van der Waals surface area contributed by atoms with E-state index in [1.807, 2.05) is 7.05 Å². The van der Waals surface area contributed by atoms with E-state index in [9.17, 15) is 4.79 Å². The van der Waals surface area contributed by atoms with Crippen LogP contribution in [0, 0.1) is 5.92 Å². The van der Waals surface area contributed by atoms with Gasteiger partial charge < -0.3 is 10.0 Å². The first-order valence-electron chi connectivity index (χ1n) is 4.87. The molecule has 0 saturated carbocycles. The second kappa shape index (κ2) is 5.97. The van der Waals surface area contributed by atoms with Gasteiger partial charge in [0, 0.05) is 12.5 Å². The second-order valence-electron chi connectivity index (χ2n) is 3.96. The monoisotopic (exact) mass is 187 g/mol. The van der Waals surface area contributed by atoms with Crippen LogP contribution in [-0.4, -0.2) is 35.6 Å². The van der Waals surface area contributed by atoms with Crippen molar-refractivity contribution in [1.29, 1.82) is 0 Å². The van der Waals surface area contributed by atoms with E-state index in [4.69, 9.17) is 5.11 Å². The fourth-order valence-corrected chi connectivity index (χ4v) is 1.19. The maximum atomic E-state index is 10.3. The molecule has 0 bridgehead atoms. The number of carboxylic acid groups (broad SMARTS) is 1. The van der Waals surface area contributed by atoms with E-state index in [0.717, 1.165) is 13.0 Å². The van der Waals surface area contributed by atoms with Crippen molar-refractivity contribution in [2.45, 2.75) is 39.7 Å². The molecular formula is C10H21NO2. The molecule has 0 aromatic rings. The quantitative estimate of drug-likeness (QED) is 0.689. The lowest BCUT2D eigenvalue weighted by molar-refractivity contribution is -0.137. The smallest absolute Gasteiger partial charge is 0.303 e. The molecule has 1 N–H and O–H groups in total. The Bertz CT molecular complexity index is 157. The number of hydrogen-bond acceptors (Lipinski definition) is 2. The lowest BCUT2D eigenvalue weighted by Gasteiger charge is -2.27. The summed E-state index contributed by atoms with van der Waals surface area (Å²) in [4.78, 5) is 12.5. The van der Waals surface area contributed by atoms with E-state index in [2.05, 4.69) is 25.7 Å². The van der Waals surface area contributed by atoms with Crippen molar-refractivity contribution in [2.75, 3.05) is 13.6 Å². The predicted molar refractivity (Wildman–Crippen MR) is 53.8 cm³/mol. The molecule has 0 aromatic carbocycles. The summed E-state index contributed by atoms with van der Waals surface area (Å²) in [6.07, 6.45) is 1.01. The van der Waals surface area contributed by atoms with Gasteiger partial charge in [0.15, 0.2) is 0 Å². The standard InChI is InChI=1S/C10H21NO2/c1-8(2)9(3)11(4)7-5-6-10(12)13/h8-9H,5-7H2,1-4H3,(H,12,13). The van der Waals surface area contributed by atoms with Gasteiger partial charge in [-0.15, -0.1) is 0 Å². The molecule has 78 valence electrons. The number of carbonyl (C=O) groups is 1. The molecule has 0 amide bonds. The Morgan fingerprint density at radius 1 is 1.38 bits per heavy atom. The molecule has 3 nitrogen and oxygen atoms in total. The van der Waals surface area contributed by atoms with Crippen molar-refractivity contribution in [3.8, 4) is 0 Å². The zero-order chi connectivity index (χ0) is 10.4. The number of rotatable bonds is 6. The number of carboxylic acids is 1. The SMILES string of the molecule is CC(C)C(C)N(C)CCCC(=O)O. The van der Waals surface area contributed by atoms with Crippen LogP contribution in [0.15, 0.2) is 0 Å². The third kappa shape index (κ3) is 5.64. The van der Waals surface area contributed by atoms with Gasteiger partial charge in [-0.05, 0) is 32.9 Å². The lowest BCUT2D eigenvalue weighted by atomic mass is 10.1. The first-order chi connectivity index (χ1) is 5.95. The van der Waals surface area contributed by atoms with Crippen molar-refractivity contribution in [3.05, 3.63) is 0 Å². The molecule has 0 fully saturated rings. The fraction of sp³-hybridized carbons (Fsp3) is 0.900. The summed E-state index contributed by atoms with van der Waals surface area (Å²) < 4.78 is 0. The average molecular weight is 187 g/mol. The van der Waals surface area contributed by atoms with Crippen LogP contribution in [0.25, 0.3) is 0 Å². The van der Waals surface area contributed by atoms with Crippen LogP contribution in [0.2, 0.25) is 0 Å². The van der Waals surface area contributed by atoms with Crippen LogP contribution in [0.5, 0.6) is 0 Å². The molecule has 0 rings (SSSR count). The van der Waals surface area contributed by atoms with Gasteiger partial charge in [0.2, 0.25) is 0 Å². The molecule has 0 aliphatic heterocycles. The summed E-state index contributed by atoms with van der Waals surface area (Å²) >= 11 is 0. The minimum atomic E-state index is -0.703. The van der Waals surface area contributed by atoms with E-state index < -0.39 is 5.97 Å². The van der Waals surface area contributed by atoms with Crippen molar-refractivity contribution in [1.82, 2.24) is 4.90 Å². The summed E-state index contributed by atoms with van der Waals surface area (Å²) in [5.74, 6) is -0.0829. The second-order valence-corrected chi connectivity index (χ2v) is 3.96. The van der Waals surface area contributed by atoms with Gasteiger partial charge in [-0.2, -0.15) is 0 Å². The molecule has 3 heteroatoms. The highest BCUT2D eigenvalue weighted by atomic mass is 16.4. The summed E-state index contributed by atoms with van der Waals surface area (Å²) in [6, 6.07) is 0.522. The molecule has 0 aliphatic carbocycles. The lowest BCUT2D eigenvalue weighted by Crippen LogP contribution is -2.34. The molecule has 0 radical (unpaired) electrons. The number of hydrogen-bond donors (Lipinski definition) is 1. The fourth-order valence-electron chi connectivity index (χ4n) is 1.19. The summed E-state index contributed by atoms with van der Waals surface area (Å²) in [6.45, 7) is 7.40. The van der Waals surface area contributed by atoms with Crippen LogP contribution < -0.4 is 0 Å². The van der Waals surface area contributed by atoms with Crippen LogP contribution >= 0.6 is 0 Å². The third-order valence-corrected chi connectivity index (χ3v) is 2.56. The largest absolute Gasteiger partial charge is 0.481 e. The van der Waals surface area contributed by atoms with Crippen LogP contribution in [0.1, 0.15) is 33.6 Å². The van der Waals surface area contributed by atoms with E-state index in [1.165, 1.54) is 0 Å². The summed E-state index contributed by atoms with van der Waals surface area (Å²) in [5.41, 5.74) is 0. The Balaban J connectivity index is 3.61. The molecule has 0 spiro atoms. The van der Waals surface area contributed by atoms with Gasteiger partial charge in [0.25, 0.3) is 0 Å². The molecule has 1 unspecified atom stereocenters. The first kappa shape index (κ1) is 12.4. The highest BCUT2D eigenvalue weighted by Gasteiger charge is 2.12. The van der Waals surface area contributed by atoms with E-state index in [1.54, 1.807) is 0 Å². The Hall–Kier alpha value is -0.570. The third-order valence-electron chi connectivity index (χ3n) is 2.56. The van der Waals surface area contributed by atoms with Gasteiger partial charge >= 0.3 is 5.97 Å². The highest BCUT2D eigenvalue weighted by Crippen LogP contribution is 2.08. The van der Waals surface area contributed by atoms with Crippen molar-refractivity contribution < 1.29 is 9.90 Å². The number of nitrogens with zero attached hydrogens (tertiary/aromatic N) is 1. The van der Waals surface area contributed by atoms with Gasteiger partial charge in [-0.1, -0.05) is 13.8 Å². The summed E-state index contributed by atoms with van der Waals surface area (Å²) in [7, 11) is 2.05. The van der Waals surface area contributed by atoms with Crippen LogP contribution in [0.3, 0.4) is 0 Å². The highest BCUT2D eigenvalue weighted by molar-refractivity contribution is 5.66. The molecular weight excluding hydrogens is 166 g/mol. The van der Waals surface area contributed by atoms with Gasteiger partial charge in [0.05, 0.1) is 0 Å². The maximum absolute atomic E-state index is 10.3. The number of aliphatic carboxylic acids is 1. The van der Waals surface area contributed by atoms with Gasteiger partial charge in [0.1, 0.15) is 0 Å². The van der Waals surface area contributed by atoms with Crippen LogP contribution in [-0.2, 0) is 4.79 Å². The first-order valence-corrected chi connectivity index (χ1v) is 4.87.